The van der Waals surface area contributed by atoms with E-state index in [0.29, 0.717) is 11.4 Å². The molecule has 2 rings (SSSR count). The number of nitrogens with two attached hydrogens (primary N) is 2. The average Bonchev–Trinajstić information content (AvgIpc) is 2.64. The Morgan fingerprint density at radius 2 is 1.96 bits per heavy atom. The molecule has 0 aromatic heterocycles. The largest absolute Gasteiger partial charge is 0.462 e. The SMILES string of the molecule is CC/C=C\C=C(/C)Oc1ccc(Nc2ccc(S)cc2/C(N)=N/N(C)N)cc1. The minimum atomic E-state index is 0.296. The standard InChI is InChI=1S/C21H27N5OS/c1-4-5-6-7-15(2)27-17-10-8-16(9-11-17)24-20-13-12-18(28)14-19(20)21(22)25-26(3)23/h5-14,24,28H,4,23H2,1-3H3,(H2,22,25)/b6-5-,15-7+. The van der Waals surface area contributed by atoms with Gasteiger partial charge in [-0.15, -0.1) is 17.7 Å². The second-order valence-corrected chi connectivity index (χ2v) is 6.67. The summed E-state index contributed by atoms with van der Waals surface area (Å²) in [6.45, 7) is 4.02. The second kappa shape index (κ2) is 10.4. The maximum Gasteiger partial charge on any atom is 0.154 e. The average molecular weight is 398 g/mol. The quantitative estimate of drug-likeness (QED) is 0.101. The molecule has 0 saturated carbocycles. The highest BCUT2D eigenvalue weighted by molar-refractivity contribution is 7.80. The Bertz CT molecular complexity index is 873. The Morgan fingerprint density at radius 1 is 1.25 bits per heavy atom. The Kier molecular flexibility index (Phi) is 7.98. The van der Waals surface area contributed by atoms with E-state index in [0.717, 1.165) is 34.2 Å². The maximum absolute atomic E-state index is 6.07. The minimum absolute atomic E-state index is 0.296. The van der Waals surface area contributed by atoms with Crippen LogP contribution in [0, 0.1) is 0 Å². The predicted molar refractivity (Wildman–Crippen MR) is 120 cm³/mol. The van der Waals surface area contributed by atoms with Crippen LogP contribution in [0.2, 0.25) is 0 Å². The van der Waals surface area contributed by atoms with E-state index >= 15 is 0 Å². The van der Waals surface area contributed by atoms with Gasteiger partial charge in [-0.25, -0.2) is 11.0 Å². The molecule has 0 unspecified atom stereocenters. The van der Waals surface area contributed by atoms with E-state index in [1.54, 1.807) is 7.05 Å². The smallest absolute Gasteiger partial charge is 0.154 e. The molecule has 0 atom stereocenters. The fourth-order valence-electron chi connectivity index (χ4n) is 2.40. The van der Waals surface area contributed by atoms with Crippen LogP contribution in [0.3, 0.4) is 0 Å². The molecule has 0 radical (unpaired) electrons. The van der Waals surface area contributed by atoms with Gasteiger partial charge in [0.25, 0.3) is 0 Å². The van der Waals surface area contributed by atoms with Crippen LogP contribution in [-0.2, 0) is 0 Å². The summed E-state index contributed by atoms with van der Waals surface area (Å²) in [6.07, 6.45) is 7.00. The molecular weight excluding hydrogens is 370 g/mol. The molecule has 28 heavy (non-hydrogen) atoms. The Hall–Kier alpha value is -2.90. The number of rotatable bonds is 8. The summed E-state index contributed by atoms with van der Waals surface area (Å²) in [5.74, 6) is 7.46. The van der Waals surface area contributed by atoms with Crippen molar-refractivity contribution in [1.29, 1.82) is 0 Å². The highest BCUT2D eigenvalue weighted by atomic mass is 32.1. The number of hydrazone groups is 1. The topological polar surface area (TPSA) is 88.9 Å². The van der Waals surface area contributed by atoms with Crippen LogP contribution >= 0.6 is 12.6 Å². The number of nitrogens with one attached hydrogen (secondary N) is 1. The van der Waals surface area contributed by atoms with Crippen LogP contribution in [0.5, 0.6) is 5.75 Å². The number of amidine groups is 1. The van der Waals surface area contributed by atoms with Gasteiger partial charge in [-0.1, -0.05) is 19.1 Å². The van der Waals surface area contributed by atoms with Crippen LogP contribution in [0.25, 0.3) is 0 Å². The summed E-state index contributed by atoms with van der Waals surface area (Å²) in [5.41, 5.74) is 8.48. The number of nitrogens with zero attached hydrogens (tertiary/aromatic N) is 2. The van der Waals surface area contributed by atoms with Crippen molar-refractivity contribution in [2.75, 3.05) is 12.4 Å². The molecule has 2 aromatic carbocycles. The van der Waals surface area contributed by atoms with Crippen LogP contribution < -0.4 is 21.6 Å². The van der Waals surface area contributed by atoms with E-state index < -0.39 is 0 Å². The maximum atomic E-state index is 6.07. The van der Waals surface area contributed by atoms with Crippen molar-refractivity contribution in [3.05, 3.63) is 72.0 Å². The zero-order valence-electron chi connectivity index (χ0n) is 16.4. The summed E-state index contributed by atoms with van der Waals surface area (Å²) in [6, 6.07) is 13.3. The number of allylic oxidation sites excluding steroid dienone is 4. The number of ether oxygens (including phenoxy) is 1. The van der Waals surface area contributed by atoms with Crippen molar-refractivity contribution >= 4 is 29.8 Å². The Morgan fingerprint density at radius 3 is 2.61 bits per heavy atom. The van der Waals surface area contributed by atoms with Crippen molar-refractivity contribution in [2.45, 2.75) is 25.2 Å². The number of thiol groups is 1. The zero-order chi connectivity index (χ0) is 20.5. The first-order chi connectivity index (χ1) is 13.4. The zero-order valence-corrected chi connectivity index (χ0v) is 17.3. The first kappa shape index (κ1) is 21.4. The molecule has 0 saturated heterocycles. The predicted octanol–water partition coefficient (Wildman–Crippen LogP) is 4.39. The van der Waals surface area contributed by atoms with E-state index in [4.69, 9.17) is 16.3 Å². The number of hydrazine groups is 1. The summed E-state index contributed by atoms with van der Waals surface area (Å²) in [7, 11) is 1.61. The van der Waals surface area contributed by atoms with Gasteiger partial charge in [-0.2, -0.15) is 0 Å². The number of hydrogen-bond acceptors (Lipinski definition) is 6. The summed E-state index contributed by atoms with van der Waals surface area (Å²) >= 11 is 4.38. The van der Waals surface area contributed by atoms with Crippen LogP contribution in [0.1, 0.15) is 25.8 Å². The third kappa shape index (κ3) is 6.68. The summed E-state index contributed by atoms with van der Waals surface area (Å²) < 4.78 is 5.80. The molecule has 148 valence electrons. The third-order valence-electron chi connectivity index (χ3n) is 3.66. The van der Waals surface area contributed by atoms with Crippen molar-refractivity contribution in [2.24, 2.45) is 16.7 Å². The molecule has 5 N–H and O–H groups in total. The lowest BCUT2D eigenvalue weighted by atomic mass is 10.1. The van der Waals surface area contributed by atoms with Crippen molar-refractivity contribution in [3.8, 4) is 5.75 Å². The molecule has 7 heteroatoms. The van der Waals surface area contributed by atoms with Gasteiger partial charge in [0.1, 0.15) is 11.5 Å². The van der Waals surface area contributed by atoms with Crippen molar-refractivity contribution in [1.82, 2.24) is 5.12 Å². The van der Waals surface area contributed by atoms with Gasteiger partial charge in [0.05, 0.1) is 0 Å². The van der Waals surface area contributed by atoms with E-state index in [1.807, 2.05) is 61.5 Å². The lowest BCUT2D eigenvalue weighted by Gasteiger charge is -2.14. The van der Waals surface area contributed by atoms with E-state index in [1.165, 1.54) is 5.12 Å². The number of anilines is 2. The lowest BCUT2D eigenvalue weighted by molar-refractivity contribution is 0.371. The molecule has 6 nitrogen and oxygen atoms in total. The summed E-state index contributed by atoms with van der Waals surface area (Å²) in [5, 5.41) is 8.58. The number of benzene rings is 2. The van der Waals surface area contributed by atoms with Crippen LogP contribution in [-0.4, -0.2) is 18.0 Å². The van der Waals surface area contributed by atoms with Gasteiger partial charge in [0.2, 0.25) is 0 Å². The second-order valence-electron chi connectivity index (χ2n) is 6.15. The molecule has 0 aliphatic rings. The van der Waals surface area contributed by atoms with E-state index in [9.17, 15) is 0 Å². The molecule has 0 spiro atoms. The van der Waals surface area contributed by atoms with Gasteiger partial charge >= 0.3 is 0 Å². The fraction of sp³-hybridized carbons (Fsp3) is 0.190. The number of hydrogen-bond donors (Lipinski definition) is 4. The first-order valence-electron chi connectivity index (χ1n) is 8.93. The highest BCUT2D eigenvalue weighted by Crippen LogP contribution is 2.25. The minimum Gasteiger partial charge on any atom is -0.462 e. The molecule has 0 aliphatic carbocycles. The van der Waals surface area contributed by atoms with Gasteiger partial charge in [-0.3, -0.25) is 0 Å². The van der Waals surface area contributed by atoms with E-state index in [2.05, 4.69) is 36.0 Å². The van der Waals surface area contributed by atoms with Gasteiger partial charge < -0.3 is 15.8 Å². The molecule has 0 heterocycles. The van der Waals surface area contributed by atoms with Crippen molar-refractivity contribution < 1.29 is 4.74 Å². The monoisotopic (exact) mass is 397 g/mol. The lowest BCUT2D eigenvalue weighted by Crippen LogP contribution is -2.26. The van der Waals surface area contributed by atoms with Gasteiger partial charge in [0, 0.05) is 28.9 Å². The molecule has 0 amide bonds. The normalized spacial score (nSPS) is 12.3. The van der Waals surface area contributed by atoms with E-state index in [-0.39, 0.29) is 0 Å². The molecule has 0 bridgehead atoms. The Labute approximate surface area is 171 Å². The Balaban J connectivity index is 2.16. The summed E-state index contributed by atoms with van der Waals surface area (Å²) in [4.78, 5) is 0.779. The molecule has 0 fully saturated rings. The van der Waals surface area contributed by atoms with Gasteiger partial charge in [-0.05, 0) is 61.9 Å². The van der Waals surface area contributed by atoms with Crippen molar-refractivity contribution in [3.63, 3.8) is 0 Å². The highest BCUT2D eigenvalue weighted by Gasteiger charge is 2.09. The molecule has 2 aromatic rings. The van der Waals surface area contributed by atoms with Crippen LogP contribution in [0.4, 0.5) is 11.4 Å². The van der Waals surface area contributed by atoms with Gasteiger partial charge in [0.15, 0.2) is 5.84 Å². The third-order valence-corrected chi connectivity index (χ3v) is 3.94. The van der Waals surface area contributed by atoms with Crippen LogP contribution in [0.15, 0.2) is 76.4 Å². The fourth-order valence-corrected chi connectivity index (χ4v) is 2.60. The molecular formula is C21H27N5OS. The first-order valence-corrected chi connectivity index (χ1v) is 9.38. The molecule has 0 aliphatic heterocycles.